The third-order valence-electron chi connectivity index (χ3n) is 6.39. The first-order chi connectivity index (χ1) is 15.8. The van der Waals surface area contributed by atoms with Gasteiger partial charge in [-0.05, 0) is 30.4 Å². The number of hydrogen-bond acceptors (Lipinski definition) is 5. The van der Waals surface area contributed by atoms with E-state index in [1.54, 1.807) is 18.2 Å². The minimum atomic E-state index is -0.744. The number of Topliss-reactive ketones (excluding diaryl/α,β-unsaturated/α-hetero) is 1. The molecule has 0 radical (unpaired) electrons. The van der Waals surface area contributed by atoms with Crippen LogP contribution in [-0.4, -0.2) is 20.7 Å². The Hall–Kier alpha value is -3.79. The van der Waals surface area contributed by atoms with Crippen LogP contribution in [0.25, 0.3) is 17.0 Å². The molecule has 2 heterocycles. The summed E-state index contributed by atoms with van der Waals surface area (Å²) >= 11 is 0. The zero-order valence-corrected chi connectivity index (χ0v) is 18.2. The summed E-state index contributed by atoms with van der Waals surface area (Å²) < 4.78 is 27.8. The Bertz CT molecular complexity index is 1290. The molecule has 0 fully saturated rings. The van der Waals surface area contributed by atoms with E-state index in [2.05, 4.69) is 23.1 Å². The highest BCUT2D eigenvalue weighted by Gasteiger charge is 2.46. The van der Waals surface area contributed by atoms with Crippen LogP contribution in [-0.2, 0) is 17.9 Å². The van der Waals surface area contributed by atoms with Gasteiger partial charge in [0.15, 0.2) is 11.6 Å². The predicted molar refractivity (Wildman–Crippen MR) is 121 cm³/mol. The summed E-state index contributed by atoms with van der Waals surface area (Å²) in [6.07, 6.45) is 7.53. The van der Waals surface area contributed by atoms with E-state index < -0.39 is 17.9 Å². The minimum Gasteiger partial charge on any atom is -0.293 e. The number of allylic oxidation sites excluding steroid dienone is 6. The highest BCUT2D eigenvalue weighted by Crippen LogP contribution is 2.52. The van der Waals surface area contributed by atoms with Crippen molar-refractivity contribution in [3.63, 3.8) is 0 Å². The van der Waals surface area contributed by atoms with E-state index in [-0.39, 0.29) is 40.8 Å². The van der Waals surface area contributed by atoms with Crippen molar-refractivity contribution < 1.29 is 13.6 Å². The lowest BCUT2D eigenvalue weighted by atomic mass is 9.60. The van der Waals surface area contributed by atoms with Gasteiger partial charge in [-0.2, -0.15) is 5.26 Å². The number of hydrogen-bond donors (Lipinski definition) is 0. The highest BCUT2D eigenvalue weighted by atomic mass is 19.1. The number of fused-ring (bicyclic) bond motifs is 3. The fourth-order valence-electron chi connectivity index (χ4n) is 4.66. The summed E-state index contributed by atoms with van der Waals surface area (Å²) in [6.45, 7) is 8.39. The maximum Gasteiger partial charge on any atom is 0.173 e. The van der Waals surface area contributed by atoms with Crippen molar-refractivity contribution in [1.82, 2.24) is 15.0 Å². The number of pyridine rings is 1. The molecule has 0 saturated heterocycles. The van der Waals surface area contributed by atoms with Gasteiger partial charge in [0, 0.05) is 35.2 Å². The Balaban J connectivity index is 2.03. The van der Waals surface area contributed by atoms with Gasteiger partial charge in [0.05, 0.1) is 22.7 Å². The van der Waals surface area contributed by atoms with E-state index in [1.165, 1.54) is 18.3 Å². The van der Waals surface area contributed by atoms with Crippen LogP contribution in [0.3, 0.4) is 0 Å². The normalized spacial score (nSPS) is 22.0. The van der Waals surface area contributed by atoms with Crippen LogP contribution in [0.2, 0.25) is 0 Å². The van der Waals surface area contributed by atoms with Gasteiger partial charge in [0.1, 0.15) is 18.6 Å². The van der Waals surface area contributed by atoms with E-state index >= 15 is 0 Å². The number of ketones is 1. The zero-order valence-electron chi connectivity index (χ0n) is 18.2. The zero-order chi connectivity index (χ0) is 23.8. The number of aromatic nitrogens is 3. The van der Waals surface area contributed by atoms with Crippen molar-refractivity contribution in [3.05, 3.63) is 83.8 Å². The molecule has 0 aliphatic heterocycles. The molecule has 4 rings (SSSR count). The third kappa shape index (κ3) is 3.93. The van der Waals surface area contributed by atoms with Crippen LogP contribution >= 0.6 is 0 Å². The van der Waals surface area contributed by atoms with Gasteiger partial charge in [-0.1, -0.05) is 38.3 Å². The van der Waals surface area contributed by atoms with Gasteiger partial charge < -0.3 is 0 Å². The maximum atomic E-state index is 14.5. The molecule has 7 heteroatoms. The van der Waals surface area contributed by atoms with E-state index in [1.807, 2.05) is 13.0 Å². The first-order valence-electron chi connectivity index (χ1n) is 10.6. The highest BCUT2D eigenvalue weighted by molar-refractivity contribution is 6.00. The van der Waals surface area contributed by atoms with Gasteiger partial charge in [0.25, 0.3) is 0 Å². The average Bonchev–Trinajstić information content (AvgIpc) is 2.80. The van der Waals surface area contributed by atoms with Crippen LogP contribution in [0.5, 0.6) is 0 Å². The Morgan fingerprint density at radius 2 is 2.21 bits per heavy atom. The summed E-state index contributed by atoms with van der Waals surface area (Å²) in [5.74, 6) is -0.888. The second-order valence-electron chi connectivity index (χ2n) is 8.57. The standard InChI is InChI=1S/C26H22F2N4O/c1-4-5-19(15(2)28)23-20-6-8-26(3)12-22(33)17(14-29)11-21(26)24(20)32-25(31-23)16-7-9-30-18(10-16)13-27/h4-5,7,9-11,21H,1-2,6,8,12-13H2,3H3/b19-5+. The third-order valence-corrected chi connectivity index (χ3v) is 6.39. The molecule has 33 heavy (non-hydrogen) atoms. The first-order valence-corrected chi connectivity index (χ1v) is 10.6. The largest absolute Gasteiger partial charge is 0.293 e. The fraction of sp³-hybridized carbons (Fsp3) is 0.269. The fourth-order valence-corrected chi connectivity index (χ4v) is 4.66. The molecule has 0 N–H and O–H groups in total. The summed E-state index contributed by atoms with van der Waals surface area (Å²) in [6, 6.07) is 5.20. The van der Waals surface area contributed by atoms with Gasteiger partial charge in [-0.15, -0.1) is 0 Å². The number of carbonyl (C=O) groups is 1. The van der Waals surface area contributed by atoms with Crippen molar-refractivity contribution in [1.29, 1.82) is 5.26 Å². The lowest BCUT2D eigenvalue weighted by Gasteiger charge is -2.43. The van der Waals surface area contributed by atoms with Crippen LogP contribution in [0.15, 0.2) is 61.1 Å². The smallest absolute Gasteiger partial charge is 0.173 e. The van der Waals surface area contributed by atoms with Gasteiger partial charge in [-0.25, -0.2) is 18.7 Å². The molecular weight excluding hydrogens is 422 g/mol. The lowest BCUT2D eigenvalue weighted by Crippen LogP contribution is -2.37. The molecule has 2 aliphatic carbocycles. The van der Waals surface area contributed by atoms with E-state index in [0.717, 1.165) is 5.56 Å². The number of rotatable bonds is 5. The predicted octanol–water partition coefficient (Wildman–Crippen LogP) is 5.52. The Morgan fingerprint density at radius 1 is 1.42 bits per heavy atom. The summed E-state index contributed by atoms with van der Waals surface area (Å²) in [7, 11) is 0. The van der Waals surface area contributed by atoms with Crippen LogP contribution in [0.1, 0.15) is 48.3 Å². The number of halogens is 2. The van der Waals surface area contributed by atoms with Crippen LogP contribution < -0.4 is 0 Å². The summed E-state index contributed by atoms with van der Waals surface area (Å²) in [5.41, 5.74) is 2.39. The number of carbonyl (C=O) groups excluding carboxylic acids is 1. The van der Waals surface area contributed by atoms with E-state index in [0.29, 0.717) is 29.8 Å². The first kappa shape index (κ1) is 22.4. The molecule has 2 atom stereocenters. The Morgan fingerprint density at radius 3 is 2.88 bits per heavy atom. The molecule has 0 amide bonds. The lowest BCUT2D eigenvalue weighted by molar-refractivity contribution is -0.118. The van der Waals surface area contributed by atoms with Crippen molar-refractivity contribution in [3.8, 4) is 17.5 Å². The molecule has 2 aromatic rings. The summed E-state index contributed by atoms with van der Waals surface area (Å²) in [5, 5.41) is 9.46. The molecule has 2 aromatic heterocycles. The molecule has 5 nitrogen and oxygen atoms in total. The molecule has 0 spiro atoms. The quantitative estimate of drug-likeness (QED) is 0.568. The monoisotopic (exact) mass is 444 g/mol. The number of nitriles is 1. The van der Waals surface area contributed by atoms with Crippen molar-refractivity contribution in [2.24, 2.45) is 5.41 Å². The van der Waals surface area contributed by atoms with Gasteiger partial charge in [0.2, 0.25) is 0 Å². The molecule has 166 valence electrons. The second kappa shape index (κ2) is 8.62. The molecule has 0 bridgehead atoms. The van der Waals surface area contributed by atoms with Crippen molar-refractivity contribution in [2.75, 3.05) is 0 Å². The second-order valence-corrected chi connectivity index (χ2v) is 8.57. The van der Waals surface area contributed by atoms with E-state index in [4.69, 9.17) is 4.98 Å². The summed E-state index contributed by atoms with van der Waals surface area (Å²) in [4.78, 5) is 25.9. The molecule has 0 saturated carbocycles. The van der Waals surface area contributed by atoms with Crippen LogP contribution in [0, 0.1) is 16.7 Å². The van der Waals surface area contributed by atoms with Crippen molar-refractivity contribution in [2.45, 2.75) is 38.8 Å². The SMILES string of the molecule is C=C/C=C(\C(=C)F)c1nc(-c2ccnc(CF)c2)nc2c1CCC1(C)CC(=O)C(C#N)=CC21. The van der Waals surface area contributed by atoms with E-state index in [9.17, 15) is 18.8 Å². The molecular formula is C26H22F2N4O. The Labute approximate surface area is 190 Å². The Kier molecular flexibility index (Phi) is 5.86. The average molecular weight is 444 g/mol. The van der Waals surface area contributed by atoms with Crippen molar-refractivity contribution >= 4 is 11.4 Å². The molecule has 2 unspecified atom stereocenters. The topological polar surface area (TPSA) is 79.5 Å². The molecule has 2 aliphatic rings. The maximum absolute atomic E-state index is 14.5. The molecule has 0 aromatic carbocycles. The minimum absolute atomic E-state index is 0.104. The number of nitrogens with zero attached hydrogens (tertiary/aromatic N) is 4. The van der Waals surface area contributed by atoms with Crippen LogP contribution in [0.4, 0.5) is 8.78 Å². The van der Waals surface area contributed by atoms with Gasteiger partial charge in [-0.3, -0.25) is 9.78 Å². The van der Waals surface area contributed by atoms with Gasteiger partial charge >= 0.3 is 0 Å². The number of alkyl halides is 1.